The number of likely N-dealkylation sites (tertiary alicyclic amines) is 1. The van der Waals surface area contributed by atoms with Crippen molar-refractivity contribution < 1.29 is 23.9 Å². The summed E-state index contributed by atoms with van der Waals surface area (Å²) >= 11 is 1.70. The first kappa shape index (κ1) is 40.7. The van der Waals surface area contributed by atoms with Crippen LogP contribution in [0.2, 0.25) is 0 Å². The molecule has 1 aliphatic heterocycles. The number of methoxy groups -OCH3 is 2. The van der Waals surface area contributed by atoms with Crippen molar-refractivity contribution in [2.24, 2.45) is 17.6 Å². The molecule has 0 aromatic carbocycles. The zero-order chi connectivity index (χ0) is 34.5. The van der Waals surface area contributed by atoms with E-state index in [9.17, 15) is 14.4 Å². The molecule has 1 rings (SSSR count). The lowest BCUT2D eigenvalue weighted by Crippen LogP contribution is -2.55. The summed E-state index contributed by atoms with van der Waals surface area (Å²) in [6.07, 6.45) is 3.88. The van der Waals surface area contributed by atoms with E-state index in [2.05, 4.69) is 43.4 Å². The van der Waals surface area contributed by atoms with Crippen LogP contribution in [0.5, 0.6) is 0 Å². The van der Waals surface area contributed by atoms with Gasteiger partial charge in [-0.05, 0) is 58.8 Å². The second-order valence-electron chi connectivity index (χ2n) is 12.9. The second-order valence-corrected chi connectivity index (χ2v) is 13.9. The van der Waals surface area contributed by atoms with Gasteiger partial charge in [0.05, 0.1) is 42.8 Å². The number of carbonyl (C=O) groups excluding carboxylic acids is 3. The minimum Gasteiger partial charge on any atom is -0.384 e. The molecule has 11 heteroatoms. The van der Waals surface area contributed by atoms with Gasteiger partial charge in [-0.2, -0.15) is 0 Å². The van der Waals surface area contributed by atoms with Crippen molar-refractivity contribution in [3.8, 4) is 0 Å². The van der Waals surface area contributed by atoms with Crippen LogP contribution in [0.4, 0.5) is 0 Å². The summed E-state index contributed by atoms with van der Waals surface area (Å²) in [6.45, 7) is 21.0. The molecule has 1 saturated heterocycles. The fourth-order valence-electron chi connectivity index (χ4n) is 5.72. The monoisotopic (exact) mass is 651 g/mol. The van der Waals surface area contributed by atoms with Crippen molar-refractivity contribution in [1.82, 2.24) is 20.4 Å². The molecule has 0 spiro atoms. The van der Waals surface area contributed by atoms with Crippen LogP contribution in [0.3, 0.4) is 0 Å². The van der Waals surface area contributed by atoms with Gasteiger partial charge < -0.3 is 35.6 Å². The molecular formula is C34H61N5O5S. The summed E-state index contributed by atoms with van der Waals surface area (Å²) in [7, 11) is 4.98. The van der Waals surface area contributed by atoms with Crippen LogP contribution in [-0.2, 0) is 23.9 Å². The third kappa shape index (κ3) is 12.1. The Balaban J connectivity index is 3.06. The number of rotatable bonds is 19. The van der Waals surface area contributed by atoms with Gasteiger partial charge >= 0.3 is 0 Å². The Morgan fingerprint density at radius 3 is 2.31 bits per heavy atom. The predicted octanol–water partition coefficient (Wildman–Crippen LogP) is 4.42. The highest BCUT2D eigenvalue weighted by Crippen LogP contribution is 2.31. The molecule has 1 fully saturated rings. The lowest BCUT2D eigenvalue weighted by atomic mass is 9.90. The number of nitrogens with two attached hydrogens (primary N) is 1. The molecule has 0 saturated carbocycles. The van der Waals surface area contributed by atoms with Gasteiger partial charge in [0.25, 0.3) is 0 Å². The summed E-state index contributed by atoms with van der Waals surface area (Å²) in [5.41, 5.74) is 6.90. The first-order chi connectivity index (χ1) is 21.0. The van der Waals surface area contributed by atoms with Crippen molar-refractivity contribution in [3.05, 3.63) is 34.2 Å². The van der Waals surface area contributed by atoms with Crippen LogP contribution in [0, 0.1) is 11.8 Å². The third-order valence-electron chi connectivity index (χ3n) is 8.81. The fourth-order valence-corrected chi connectivity index (χ4v) is 6.42. The summed E-state index contributed by atoms with van der Waals surface area (Å²) in [4.78, 5) is 44.1. The molecule has 4 N–H and O–H groups in total. The lowest BCUT2D eigenvalue weighted by Gasteiger charge is -2.39. The molecule has 0 aromatic heterocycles. The average Bonchev–Trinajstić information content (AvgIpc) is 3.48. The third-order valence-corrected chi connectivity index (χ3v) is 10.1. The summed E-state index contributed by atoms with van der Waals surface area (Å²) in [5, 5.41) is 8.20. The van der Waals surface area contributed by atoms with Crippen LogP contribution < -0.4 is 16.4 Å². The van der Waals surface area contributed by atoms with E-state index in [1.165, 1.54) is 10.5 Å². The molecule has 0 aliphatic carbocycles. The van der Waals surface area contributed by atoms with Gasteiger partial charge in [-0.15, -0.1) is 11.8 Å². The molecule has 0 radical (unpaired) electrons. The molecule has 1 heterocycles. The zero-order valence-electron chi connectivity index (χ0n) is 29.7. The molecule has 45 heavy (non-hydrogen) atoms. The smallest absolute Gasteiger partial charge is 0.242 e. The Labute approximate surface area is 277 Å². The highest BCUT2D eigenvalue weighted by molar-refractivity contribution is 8.05. The quantitative estimate of drug-likeness (QED) is 0.187. The maximum atomic E-state index is 13.9. The minimum atomic E-state index is -1.09. The first-order valence-electron chi connectivity index (χ1n) is 16.1. The Morgan fingerprint density at radius 2 is 1.80 bits per heavy atom. The molecule has 0 aromatic rings. The van der Waals surface area contributed by atoms with Crippen LogP contribution in [0.1, 0.15) is 81.1 Å². The Bertz CT molecular complexity index is 1050. The van der Waals surface area contributed by atoms with Gasteiger partial charge in [-0.1, -0.05) is 45.4 Å². The molecule has 6 unspecified atom stereocenters. The van der Waals surface area contributed by atoms with Gasteiger partial charge in [0.1, 0.15) is 0 Å². The zero-order valence-corrected chi connectivity index (χ0v) is 30.5. The number of ether oxygens (including phenoxy) is 2. The number of hydrogen-bond acceptors (Lipinski definition) is 8. The SMILES string of the molecule is C=C(NCC(S/C=C\C)=C(C)C)C(C)C(OC)C1CCCN1C(=O)CC(OC)C(C(C)CC)N(C)C(=O)CNC(=O)C(C)(C)N. The number of carbonyl (C=O) groups is 3. The van der Waals surface area contributed by atoms with E-state index in [0.717, 1.165) is 25.0 Å². The standard InChI is InChI=1S/C34H61N5O5S/c1-13-18-45-28(22(3)4)20-36-25(7)24(6)32(44-12)26-16-15-17-39(26)29(40)19-27(43-11)31(23(5)14-2)38(10)30(41)21-37-33(42)34(8,9)35/h13,18,23-24,26-27,31-32,36H,7,14-17,19-21,35H2,1-6,8-12H3,(H,37,42)/b18-13-. The molecule has 258 valence electrons. The molecule has 0 bridgehead atoms. The summed E-state index contributed by atoms with van der Waals surface area (Å²) in [5.74, 6) is -0.703. The van der Waals surface area contributed by atoms with Gasteiger partial charge in [-0.25, -0.2) is 0 Å². The molecule has 3 amide bonds. The maximum Gasteiger partial charge on any atom is 0.242 e. The van der Waals surface area contributed by atoms with E-state index in [4.69, 9.17) is 15.2 Å². The van der Waals surface area contributed by atoms with Crippen LogP contribution in [-0.4, -0.2) is 98.3 Å². The Morgan fingerprint density at radius 1 is 1.16 bits per heavy atom. The van der Waals surface area contributed by atoms with Crippen molar-refractivity contribution in [3.63, 3.8) is 0 Å². The van der Waals surface area contributed by atoms with Crippen molar-refractivity contribution in [1.29, 1.82) is 0 Å². The minimum absolute atomic E-state index is 0.0286. The van der Waals surface area contributed by atoms with Crippen molar-refractivity contribution in [2.75, 3.05) is 40.9 Å². The van der Waals surface area contributed by atoms with Gasteiger partial charge in [0.15, 0.2) is 0 Å². The molecule has 10 nitrogen and oxygen atoms in total. The molecular weight excluding hydrogens is 590 g/mol. The number of nitrogens with zero attached hydrogens (tertiary/aromatic N) is 2. The van der Waals surface area contributed by atoms with Crippen molar-refractivity contribution >= 4 is 29.5 Å². The van der Waals surface area contributed by atoms with Gasteiger partial charge in [0.2, 0.25) is 17.7 Å². The number of allylic oxidation sites excluding steroid dienone is 2. The average molecular weight is 652 g/mol. The first-order valence-corrected chi connectivity index (χ1v) is 17.0. The number of likely N-dealkylation sites (N-methyl/N-ethyl adjacent to an activating group) is 1. The van der Waals surface area contributed by atoms with E-state index in [-0.39, 0.29) is 54.8 Å². The predicted molar refractivity (Wildman–Crippen MR) is 185 cm³/mol. The lowest BCUT2D eigenvalue weighted by molar-refractivity contribution is -0.144. The topological polar surface area (TPSA) is 126 Å². The van der Waals surface area contributed by atoms with Crippen LogP contribution in [0.25, 0.3) is 0 Å². The van der Waals surface area contributed by atoms with E-state index < -0.39 is 17.6 Å². The van der Waals surface area contributed by atoms with E-state index >= 15 is 0 Å². The normalized spacial score (nSPS) is 18.6. The van der Waals surface area contributed by atoms with E-state index in [1.54, 1.807) is 51.8 Å². The highest BCUT2D eigenvalue weighted by atomic mass is 32.2. The molecule has 1 aliphatic rings. The number of hydrogen-bond donors (Lipinski definition) is 3. The summed E-state index contributed by atoms with van der Waals surface area (Å²) in [6, 6.07) is -0.476. The Kier molecular flexibility index (Phi) is 17.5. The Hall–Kier alpha value is -2.34. The fraction of sp³-hybridized carbons (Fsp3) is 0.735. The van der Waals surface area contributed by atoms with Gasteiger partial charge in [0, 0.05) is 50.9 Å². The van der Waals surface area contributed by atoms with Crippen LogP contribution >= 0.6 is 11.8 Å². The van der Waals surface area contributed by atoms with Crippen molar-refractivity contribution in [2.45, 2.75) is 111 Å². The number of thioether (sulfide) groups is 1. The van der Waals surface area contributed by atoms with Gasteiger partial charge in [-0.3, -0.25) is 14.4 Å². The largest absolute Gasteiger partial charge is 0.384 e. The maximum absolute atomic E-state index is 13.9. The highest BCUT2D eigenvalue weighted by Gasteiger charge is 2.41. The van der Waals surface area contributed by atoms with E-state index in [0.29, 0.717) is 13.1 Å². The molecule has 6 atom stereocenters. The van der Waals surface area contributed by atoms with Crippen LogP contribution in [0.15, 0.2) is 34.2 Å². The number of amides is 3. The van der Waals surface area contributed by atoms with E-state index in [1.807, 2.05) is 31.7 Å². The summed E-state index contributed by atoms with van der Waals surface area (Å²) < 4.78 is 12.0. The number of nitrogens with one attached hydrogen (secondary N) is 2. The second kappa shape index (κ2) is 19.4.